The van der Waals surface area contributed by atoms with Crippen molar-refractivity contribution in [3.8, 4) is 0 Å². The largest absolute Gasteiger partial charge is 0.328 e. The highest BCUT2D eigenvalue weighted by Crippen LogP contribution is 2.14. The van der Waals surface area contributed by atoms with Crippen LogP contribution < -0.4 is 4.90 Å². The lowest BCUT2D eigenvalue weighted by molar-refractivity contribution is 1.10. The molecule has 0 radical (unpaired) electrons. The lowest BCUT2D eigenvalue weighted by atomic mass is 10.3. The Kier molecular flexibility index (Phi) is 2.93. The number of pyridine rings is 1. The number of rotatable bonds is 2. The molecule has 3 nitrogen and oxygen atoms in total. The molecule has 0 bridgehead atoms. The van der Waals surface area contributed by atoms with Crippen LogP contribution in [0.15, 0.2) is 53.4 Å². The summed E-state index contributed by atoms with van der Waals surface area (Å²) in [7, 11) is 0. The summed E-state index contributed by atoms with van der Waals surface area (Å²) in [5.41, 5.74) is 2.13. The first-order valence-electron chi connectivity index (χ1n) is 4.94. The number of allylic oxidation sites excluding steroid dienone is 2. The standard InChI is InChI=1S/C12H13N3/c1-2-3-11-6-9-15(10-14-11)12-4-7-13-8-5-12/h2-8,10H,9H2,1H3. The van der Waals surface area contributed by atoms with Gasteiger partial charge in [-0.1, -0.05) is 6.08 Å². The summed E-state index contributed by atoms with van der Waals surface area (Å²) in [6.07, 6.45) is 11.5. The summed E-state index contributed by atoms with van der Waals surface area (Å²) in [5, 5.41) is 0. The Morgan fingerprint density at radius 2 is 2.13 bits per heavy atom. The molecule has 0 unspecified atom stereocenters. The van der Waals surface area contributed by atoms with Gasteiger partial charge in [-0.2, -0.15) is 0 Å². The predicted molar refractivity (Wildman–Crippen MR) is 63.0 cm³/mol. The van der Waals surface area contributed by atoms with Crippen LogP contribution in [0.4, 0.5) is 5.69 Å². The minimum Gasteiger partial charge on any atom is -0.328 e. The minimum atomic E-state index is 0.854. The van der Waals surface area contributed by atoms with Gasteiger partial charge in [0.05, 0.1) is 12.0 Å². The van der Waals surface area contributed by atoms with Gasteiger partial charge in [0.1, 0.15) is 0 Å². The van der Waals surface area contributed by atoms with Crippen molar-refractivity contribution in [3.05, 3.63) is 48.5 Å². The molecule has 0 atom stereocenters. The number of anilines is 1. The van der Waals surface area contributed by atoms with E-state index in [-0.39, 0.29) is 0 Å². The van der Waals surface area contributed by atoms with Crippen LogP contribution in [0.2, 0.25) is 0 Å². The zero-order valence-corrected chi connectivity index (χ0v) is 8.67. The molecule has 76 valence electrons. The van der Waals surface area contributed by atoms with Crippen LogP contribution >= 0.6 is 0 Å². The van der Waals surface area contributed by atoms with Crippen molar-refractivity contribution in [1.82, 2.24) is 4.98 Å². The summed E-state index contributed by atoms with van der Waals surface area (Å²) in [6.45, 7) is 2.85. The minimum absolute atomic E-state index is 0.854. The van der Waals surface area contributed by atoms with Crippen LogP contribution in [0, 0.1) is 0 Å². The van der Waals surface area contributed by atoms with Gasteiger partial charge < -0.3 is 4.90 Å². The molecule has 0 saturated heterocycles. The SMILES string of the molecule is CC=CC1=CCN(c2ccncc2)C=N1. The fourth-order valence-corrected chi connectivity index (χ4v) is 1.42. The van der Waals surface area contributed by atoms with Gasteiger partial charge in [-0.05, 0) is 31.2 Å². The van der Waals surface area contributed by atoms with Gasteiger partial charge in [0, 0.05) is 24.6 Å². The molecule has 2 rings (SSSR count). The predicted octanol–water partition coefficient (Wildman–Crippen LogP) is 2.39. The van der Waals surface area contributed by atoms with Crippen LogP contribution in [-0.2, 0) is 0 Å². The van der Waals surface area contributed by atoms with Crippen molar-refractivity contribution >= 4 is 12.0 Å². The van der Waals surface area contributed by atoms with E-state index in [1.54, 1.807) is 12.4 Å². The Balaban J connectivity index is 2.10. The molecule has 1 aromatic rings. The molecule has 0 saturated carbocycles. The second-order valence-corrected chi connectivity index (χ2v) is 3.23. The summed E-state index contributed by atoms with van der Waals surface area (Å²) in [4.78, 5) is 10.4. The van der Waals surface area contributed by atoms with E-state index in [4.69, 9.17) is 0 Å². The van der Waals surface area contributed by atoms with Crippen LogP contribution in [0.5, 0.6) is 0 Å². The van der Waals surface area contributed by atoms with Crippen LogP contribution in [0.3, 0.4) is 0 Å². The highest BCUT2D eigenvalue weighted by Gasteiger charge is 2.05. The van der Waals surface area contributed by atoms with Crippen molar-refractivity contribution in [2.24, 2.45) is 4.99 Å². The molecule has 0 fully saturated rings. The summed E-state index contributed by atoms with van der Waals surface area (Å²) >= 11 is 0. The van der Waals surface area contributed by atoms with E-state index in [0.717, 1.165) is 17.9 Å². The average Bonchev–Trinajstić information content (AvgIpc) is 2.32. The topological polar surface area (TPSA) is 28.5 Å². The first kappa shape index (κ1) is 9.65. The van der Waals surface area contributed by atoms with Gasteiger partial charge in [-0.25, -0.2) is 4.99 Å². The monoisotopic (exact) mass is 199 g/mol. The van der Waals surface area contributed by atoms with E-state index >= 15 is 0 Å². The van der Waals surface area contributed by atoms with E-state index in [9.17, 15) is 0 Å². The molecule has 3 heteroatoms. The smallest absolute Gasteiger partial charge is 0.0959 e. The average molecular weight is 199 g/mol. The zero-order valence-electron chi connectivity index (χ0n) is 8.67. The molecular weight excluding hydrogens is 186 g/mol. The Labute approximate surface area is 89.5 Å². The maximum atomic E-state index is 4.33. The quantitative estimate of drug-likeness (QED) is 0.731. The fourth-order valence-electron chi connectivity index (χ4n) is 1.42. The van der Waals surface area contributed by atoms with Crippen LogP contribution in [0.25, 0.3) is 0 Å². The van der Waals surface area contributed by atoms with Crippen molar-refractivity contribution in [3.63, 3.8) is 0 Å². The molecule has 15 heavy (non-hydrogen) atoms. The molecule has 1 aliphatic heterocycles. The van der Waals surface area contributed by atoms with Crippen molar-refractivity contribution in [2.75, 3.05) is 11.4 Å². The third-order valence-electron chi connectivity index (χ3n) is 2.18. The first-order valence-corrected chi connectivity index (χ1v) is 4.94. The molecule has 2 heterocycles. The van der Waals surface area contributed by atoms with Gasteiger partial charge in [0.15, 0.2) is 0 Å². The summed E-state index contributed by atoms with van der Waals surface area (Å²) < 4.78 is 0. The third kappa shape index (κ3) is 2.31. The van der Waals surface area contributed by atoms with E-state index in [0.29, 0.717) is 0 Å². The number of aromatic nitrogens is 1. The molecule has 1 aromatic heterocycles. The van der Waals surface area contributed by atoms with E-state index in [2.05, 4.69) is 21.0 Å². The highest BCUT2D eigenvalue weighted by molar-refractivity contribution is 5.81. The van der Waals surface area contributed by atoms with E-state index in [1.165, 1.54) is 0 Å². The molecule has 1 aliphatic rings. The highest BCUT2D eigenvalue weighted by atomic mass is 15.2. The van der Waals surface area contributed by atoms with Gasteiger partial charge in [0.25, 0.3) is 0 Å². The van der Waals surface area contributed by atoms with Crippen LogP contribution in [-0.4, -0.2) is 17.9 Å². The van der Waals surface area contributed by atoms with Gasteiger partial charge in [0.2, 0.25) is 0 Å². The van der Waals surface area contributed by atoms with E-state index < -0.39 is 0 Å². The van der Waals surface area contributed by atoms with Gasteiger partial charge in [-0.3, -0.25) is 4.98 Å². The number of hydrogen-bond acceptors (Lipinski definition) is 3. The Morgan fingerprint density at radius 1 is 1.33 bits per heavy atom. The molecular formula is C12H13N3. The molecule has 0 aromatic carbocycles. The van der Waals surface area contributed by atoms with Crippen LogP contribution in [0.1, 0.15) is 6.92 Å². The maximum absolute atomic E-state index is 4.33. The lowest BCUT2D eigenvalue weighted by Gasteiger charge is -2.20. The molecule has 0 aliphatic carbocycles. The van der Waals surface area contributed by atoms with Crippen molar-refractivity contribution in [1.29, 1.82) is 0 Å². The summed E-state index contributed by atoms with van der Waals surface area (Å²) in [5.74, 6) is 0. The fraction of sp³-hybridized carbons (Fsp3) is 0.167. The second-order valence-electron chi connectivity index (χ2n) is 3.23. The van der Waals surface area contributed by atoms with Crippen molar-refractivity contribution in [2.45, 2.75) is 6.92 Å². The summed E-state index contributed by atoms with van der Waals surface area (Å²) in [6, 6.07) is 3.95. The maximum Gasteiger partial charge on any atom is 0.0959 e. The Bertz CT molecular complexity index is 404. The Hall–Kier alpha value is -1.90. The number of nitrogens with zero attached hydrogens (tertiary/aromatic N) is 3. The van der Waals surface area contributed by atoms with Gasteiger partial charge >= 0.3 is 0 Å². The molecule has 0 amide bonds. The first-order chi connectivity index (χ1) is 7.40. The number of hydrogen-bond donors (Lipinski definition) is 0. The normalized spacial score (nSPS) is 15.8. The van der Waals surface area contributed by atoms with Gasteiger partial charge in [-0.15, -0.1) is 0 Å². The third-order valence-corrected chi connectivity index (χ3v) is 2.18. The second kappa shape index (κ2) is 4.55. The molecule has 0 N–H and O–H groups in total. The Morgan fingerprint density at radius 3 is 2.73 bits per heavy atom. The zero-order chi connectivity index (χ0) is 10.5. The van der Waals surface area contributed by atoms with E-state index in [1.807, 2.05) is 37.5 Å². The lowest BCUT2D eigenvalue weighted by Crippen LogP contribution is -2.23. The van der Waals surface area contributed by atoms with Crippen molar-refractivity contribution < 1.29 is 0 Å². The number of aliphatic imine (C=N–C) groups is 1. The molecule has 0 spiro atoms.